The lowest BCUT2D eigenvalue weighted by atomic mass is 9.69. The first kappa shape index (κ1) is 12.2. The number of phenols is 2. The molecule has 0 radical (unpaired) electrons. The average molecular weight is 235 g/mol. The quantitative estimate of drug-likeness (QED) is 0.690. The van der Waals surface area contributed by atoms with Crippen molar-refractivity contribution in [2.75, 3.05) is 6.54 Å². The highest BCUT2D eigenvalue weighted by Crippen LogP contribution is 2.45. The van der Waals surface area contributed by atoms with Crippen molar-refractivity contribution in [2.24, 2.45) is 5.73 Å². The largest absolute Gasteiger partial charge is 0.504 e. The van der Waals surface area contributed by atoms with Crippen LogP contribution < -0.4 is 5.73 Å². The molecule has 0 unspecified atom stereocenters. The van der Waals surface area contributed by atoms with Crippen molar-refractivity contribution in [2.45, 2.75) is 44.4 Å². The van der Waals surface area contributed by atoms with E-state index in [0.29, 0.717) is 12.1 Å². The van der Waals surface area contributed by atoms with Crippen LogP contribution in [0.25, 0.3) is 0 Å². The second-order valence-electron chi connectivity index (χ2n) is 5.17. The zero-order valence-corrected chi connectivity index (χ0v) is 10.4. The minimum absolute atomic E-state index is 0.000832. The number of phenolic OH excluding ortho intramolecular Hbond substituents is 2. The van der Waals surface area contributed by atoms with Crippen molar-refractivity contribution in [3.05, 3.63) is 23.3 Å². The summed E-state index contributed by atoms with van der Waals surface area (Å²) < 4.78 is 0. The van der Waals surface area contributed by atoms with Crippen LogP contribution in [0, 0.1) is 6.92 Å². The summed E-state index contributed by atoms with van der Waals surface area (Å²) in [7, 11) is 0. The Bertz CT molecular complexity index is 409. The monoisotopic (exact) mass is 235 g/mol. The van der Waals surface area contributed by atoms with Crippen molar-refractivity contribution in [1.82, 2.24) is 0 Å². The zero-order chi connectivity index (χ0) is 12.5. The molecular formula is C14H21NO2. The summed E-state index contributed by atoms with van der Waals surface area (Å²) in [6, 6.07) is 3.78. The molecule has 0 aliphatic heterocycles. The van der Waals surface area contributed by atoms with Crippen molar-refractivity contribution >= 4 is 0 Å². The number of rotatable bonds is 2. The maximum Gasteiger partial charge on any atom is 0.161 e. The van der Waals surface area contributed by atoms with Crippen molar-refractivity contribution in [3.8, 4) is 11.5 Å². The fourth-order valence-electron chi connectivity index (χ4n) is 2.92. The smallest absolute Gasteiger partial charge is 0.161 e. The maximum absolute atomic E-state index is 10.1. The molecule has 0 amide bonds. The molecule has 1 aliphatic rings. The first-order chi connectivity index (χ1) is 8.10. The molecule has 0 atom stereocenters. The summed E-state index contributed by atoms with van der Waals surface area (Å²) in [5.41, 5.74) is 7.31. The first-order valence-electron chi connectivity index (χ1n) is 6.33. The van der Waals surface area contributed by atoms with Gasteiger partial charge in [-0.05, 0) is 25.3 Å². The fourth-order valence-corrected chi connectivity index (χ4v) is 2.92. The van der Waals surface area contributed by atoms with E-state index in [2.05, 4.69) is 0 Å². The van der Waals surface area contributed by atoms with E-state index in [1.807, 2.05) is 12.1 Å². The molecule has 3 nitrogen and oxygen atoms in total. The third-order valence-corrected chi connectivity index (χ3v) is 4.13. The van der Waals surface area contributed by atoms with E-state index in [1.165, 1.54) is 6.42 Å². The molecule has 3 heteroatoms. The summed E-state index contributed by atoms with van der Waals surface area (Å²) >= 11 is 0. The molecule has 0 heterocycles. The van der Waals surface area contributed by atoms with Crippen LogP contribution in [0.15, 0.2) is 12.1 Å². The molecule has 1 fully saturated rings. The topological polar surface area (TPSA) is 66.5 Å². The number of aromatic hydroxyl groups is 2. The molecule has 1 aliphatic carbocycles. The third-order valence-electron chi connectivity index (χ3n) is 4.13. The summed E-state index contributed by atoms with van der Waals surface area (Å²) in [6.07, 6.45) is 5.52. The van der Waals surface area contributed by atoms with Crippen molar-refractivity contribution in [1.29, 1.82) is 0 Å². The highest BCUT2D eigenvalue weighted by atomic mass is 16.3. The third kappa shape index (κ3) is 2.00. The Hall–Kier alpha value is -1.22. The first-order valence-corrected chi connectivity index (χ1v) is 6.33. The molecule has 0 aromatic heterocycles. The van der Waals surface area contributed by atoms with E-state index in [-0.39, 0.29) is 16.9 Å². The highest BCUT2D eigenvalue weighted by molar-refractivity contribution is 5.52. The molecule has 17 heavy (non-hydrogen) atoms. The van der Waals surface area contributed by atoms with Crippen LogP contribution in [0.1, 0.15) is 43.2 Å². The number of hydrogen-bond acceptors (Lipinski definition) is 3. The van der Waals surface area contributed by atoms with Crippen molar-refractivity contribution < 1.29 is 10.2 Å². The molecule has 0 spiro atoms. The summed E-state index contributed by atoms with van der Waals surface area (Å²) in [5, 5.41) is 20.0. The van der Waals surface area contributed by atoms with Crippen LogP contribution in [0.2, 0.25) is 0 Å². The van der Waals surface area contributed by atoms with Gasteiger partial charge >= 0.3 is 0 Å². The second-order valence-corrected chi connectivity index (χ2v) is 5.17. The lowest BCUT2D eigenvalue weighted by molar-refractivity contribution is 0.286. The molecule has 94 valence electrons. The fraction of sp³-hybridized carbons (Fsp3) is 0.571. The number of benzene rings is 1. The van der Waals surface area contributed by atoms with Crippen molar-refractivity contribution in [3.63, 3.8) is 0 Å². The van der Waals surface area contributed by atoms with Gasteiger partial charge in [-0.15, -0.1) is 0 Å². The van der Waals surface area contributed by atoms with Gasteiger partial charge in [-0.1, -0.05) is 31.4 Å². The van der Waals surface area contributed by atoms with Gasteiger partial charge in [0.15, 0.2) is 11.5 Å². The maximum atomic E-state index is 10.1. The van der Waals surface area contributed by atoms with E-state index in [0.717, 1.165) is 31.2 Å². The number of nitrogens with two attached hydrogens (primary N) is 1. The van der Waals surface area contributed by atoms with E-state index in [1.54, 1.807) is 6.92 Å². The van der Waals surface area contributed by atoms with Gasteiger partial charge in [0.1, 0.15) is 0 Å². The molecule has 4 N–H and O–H groups in total. The second kappa shape index (κ2) is 4.57. The van der Waals surface area contributed by atoms with Gasteiger partial charge in [0.25, 0.3) is 0 Å². The van der Waals surface area contributed by atoms with Crippen LogP contribution in [-0.2, 0) is 5.41 Å². The lowest BCUT2D eigenvalue weighted by Crippen LogP contribution is -2.37. The molecule has 1 saturated carbocycles. The lowest BCUT2D eigenvalue weighted by Gasteiger charge is -2.37. The zero-order valence-electron chi connectivity index (χ0n) is 10.4. The minimum Gasteiger partial charge on any atom is -0.504 e. The standard InChI is InChI=1S/C14H21NO2/c1-10-5-6-11(13(17)12(10)16)14(9-15)7-3-2-4-8-14/h5-6,16-17H,2-4,7-9,15H2,1H3. The summed E-state index contributed by atoms with van der Waals surface area (Å²) in [4.78, 5) is 0. The molecule has 2 rings (SSSR count). The molecule has 1 aromatic carbocycles. The number of hydrogen-bond donors (Lipinski definition) is 3. The van der Waals surface area contributed by atoms with Crippen LogP contribution in [0.3, 0.4) is 0 Å². The Labute approximate surface area is 102 Å². The Morgan fingerprint density at radius 1 is 1.12 bits per heavy atom. The SMILES string of the molecule is Cc1ccc(C2(CN)CCCCC2)c(O)c1O. The predicted molar refractivity (Wildman–Crippen MR) is 68.3 cm³/mol. The van der Waals surface area contributed by atoms with Gasteiger partial charge in [0.05, 0.1) is 0 Å². The van der Waals surface area contributed by atoms with Crippen LogP contribution in [0.4, 0.5) is 0 Å². The van der Waals surface area contributed by atoms with Crippen LogP contribution >= 0.6 is 0 Å². The molecule has 1 aromatic rings. The van der Waals surface area contributed by atoms with Gasteiger partial charge in [0.2, 0.25) is 0 Å². The predicted octanol–water partition coefficient (Wildman–Crippen LogP) is 2.57. The van der Waals surface area contributed by atoms with E-state index in [4.69, 9.17) is 5.73 Å². The van der Waals surface area contributed by atoms with Gasteiger partial charge in [-0.3, -0.25) is 0 Å². The highest BCUT2D eigenvalue weighted by Gasteiger charge is 2.35. The molecule has 0 saturated heterocycles. The Balaban J connectivity index is 2.47. The van der Waals surface area contributed by atoms with Gasteiger partial charge in [-0.25, -0.2) is 0 Å². The Morgan fingerprint density at radius 3 is 2.35 bits per heavy atom. The van der Waals surface area contributed by atoms with E-state index in [9.17, 15) is 10.2 Å². The summed E-state index contributed by atoms with van der Waals surface area (Å²) in [6.45, 7) is 2.32. The molecule has 0 bridgehead atoms. The van der Waals surface area contributed by atoms with E-state index < -0.39 is 0 Å². The average Bonchev–Trinajstić information content (AvgIpc) is 2.37. The van der Waals surface area contributed by atoms with Gasteiger partial charge in [0, 0.05) is 17.5 Å². The minimum atomic E-state index is -0.145. The van der Waals surface area contributed by atoms with E-state index >= 15 is 0 Å². The number of aryl methyl sites for hydroxylation is 1. The Morgan fingerprint density at radius 2 is 1.76 bits per heavy atom. The van der Waals surface area contributed by atoms with Gasteiger partial charge in [-0.2, -0.15) is 0 Å². The normalized spacial score (nSPS) is 19.2. The van der Waals surface area contributed by atoms with Gasteiger partial charge < -0.3 is 15.9 Å². The summed E-state index contributed by atoms with van der Waals surface area (Å²) in [5.74, 6) is 0.0262. The molecular weight excluding hydrogens is 214 g/mol. The Kier molecular flexibility index (Phi) is 3.29. The van der Waals surface area contributed by atoms with Crippen LogP contribution in [-0.4, -0.2) is 16.8 Å². The van der Waals surface area contributed by atoms with Crippen LogP contribution in [0.5, 0.6) is 11.5 Å².